The van der Waals surface area contributed by atoms with Gasteiger partial charge in [0.15, 0.2) is 5.65 Å². The molecule has 0 spiro atoms. The van der Waals surface area contributed by atoms with Gasteiger partial charge in [-0.15, -0.1) is 5.10 Å². The summed E-state index contributed by atoms with van der Waals surface area (Å²) in [6, 6.07) is 15.6. The summed E-state index contributed by atoms with van der Waals surface area (Å²) < 4.78 is 13.3. The normalized spacial score (nSPS) is 15.9. The van der Waals surface area contributed by atoms with E-state index in [9.17, 15) is 4.79 Å². The van der Waals surface area contributed by atoms with E-state index in [1.54, 1.807) is 4.52 Å². The van der Waals surface area contributed by atoms with Gasteiger partial charge < -0.3 is 14.4 Å². The lowest BCUT2D eigenvalue weighted by Gasteiger charge is -2.26. The molecule has 33 heavy (non-hydrogen) atoms. The van der Waals surface area contributed by atoms with Crippen LogP contribution in [0.5, 0.6) is 5.75 Å². The molecule has 0 radical (unpaired) electrons. The van der Waals surface area contributed by atoms with Crippen molar-refractivity contribution < 1.29 is 14.3 Å². The highest BCUT2D eigenvalue weighted by Crippen LogP contribution is 2.26. The first-order chi connectivity index (χ1) is 16.1. The Kier molecular flexibility index (Phi) is 5.92. The minimum atomic E-state index is -0.0284. The van der Waals surface area contributed by atoms with Crippen molar-refractivity contribution in [3.05, 3.63) is 65.2 Å². The van der Waals surface area contributed by atoms with Crippen molar-refractivity contribution >= 4 is 22.5 Å². The molecule has 0 bridgehead atoms. The second kappa shape index (κ2) is 9.15. The van der Waals surface area contributed by atoms with Crippen molar-refractivity contribution in [2.24, 2.45) is 0 Å². The number of aryl methyl sites for hydroxylation is 1. The van der Waals surface area contributed by atoms with Crippen LogP contribution in [0.2, 0.25) is 0 Å². The number of aromatic nitrogens is 4. The molecule has 0 saturated carbocycles. The molecule has 2 aromatic carbocycles. The monoisotopic (exact) mass is 445 g/mol. The van der Waals surface area contributed by atoms with Crippen LogP contribution >= 0.6 is 0 Å². The van der Waals surface area contributed by atoms with E-state index in [1.807, 2.05) is 61.2 Å². The van der Waals surface area contributed by atoms with Crippen LogP contribution in [0.25, 0.3) is 16.6 Å². The first kappa shape index (κ1) is 21.3. The van der Waals surface area contributed by atoms with Gasteiger partial charge in [0.25, 0.3) is 5.91 Å². The van der Waals surface area contributed by atoms with Gasteiger partial charge in [-0.3, -0.25) is 4.79 Å². The zero-order chi connectivity index (χ0) is 22.8. The molecule has 0 N–H and O–H groups in total. The summed E-state index contributed by atoms with van der Waals surface area (Å²) in [6.07, 6.45) is 2.01. The third kappa shape index (κ3) is 4.39. The minimum absolute atomic E-state index is 0.0284. The molecule has 1 saturated heterocycles. The summed E-state index contributed by atoms with van der Waals surface area (Å²) in [6.45, 7) is 6.21. The maximum Gasteiger partial charge on any atom is 0.254 e. The summed E-state index contributed by atoms with van der Waals surface area (Å²) in [7, 11) is 0. The van der Waals surface area contributed by atoms with Crippen LogP contribution in [0, 0.1) is 6.92 Å². The first-order valence-corrected chi connectivity index (χ1v) is 11.4. The number of carbonyl (C=O) groups is 1. The number of nitrogens with zero attached hydrogens (tertiary/aromatic N) is 5. The molecule has 0 aliphatic carbocycles. The zero-order valence-electron chi connectivity index (χ0n) is 18.9. The number of amides is 1. The number of carbonyl (C=O) groups excluding carboxylic acids is 1. The zero-order valence-corrected chi connectivity index (χ0v) is 18.9. The van der Waals surface area contributed by atoms with Crippen molar-refractivity contribution in [1.29, 1.82) is 0 Å². The summed E-state index contributed by atoms with van der Waals surface area (Å²) >= 11 is 0. The number of tetrazole rings is 1. The maximum atomic E-state index is 13.5. The highest BCUT2D eigenvalue weighted by Gasteiger charge is 2.25. The smallest absolute Gasteiger partial charge is 0.254 e. The molecular formula is C25H27N5O3. The SMILES string of the molecule is CCOc1ccc2c(c1)cc(CN(CC1CCCO1)C(=O)c1ccc(C)cc1)c1nnnn12. The van der Waals surface area contributed by atoms with Gasteiger partial charge in [0.05, 0.1) is 18.2 Å². The Morgan fingerprint density at radius 3 is 2.82 bits per heavy atom. The molecular weight excluding hydrogens is 418 g/mol. The van der Waals surface area contributed by atoms with Crippen LogP contribution in [0.15, 0.2) is 48.5 Å². The van der Waals surface area contributed by atoms with E-state index in [0.717, 1.165) is 47.2 Å². The van der Waals surface area contributed by atoms with Gasteiger partial charge in [-0.2, -0.15) is 4.52 Å². The molecule has 4 aromatic rings. The average molecular weight is 446 g/mol. The molecule has 2 aromatic heterocycles. The van der Waals surface area contributed by atoms with Crippen molar-refractivity contribution in [3.8, 4) is 5.75 Å². The lowest BCUT2D eigenvalue weighted by atomic mass is 10.1. The quantitative estimate of drug-likeness (QED) is 0.430. The third-order valence-corrected chi connectivity index (χ3v) is 6.02. The van der Waals surface area contributed by atoms with Crippen molar-refractivity contribution in [3.63, 3.8) is 0 Å². The van der Waals surface area contributed by atoms with Crippen LogP contribution in [0.1, 0.15) is 41.3 Å². The van der Waals surface area contributed by atoms with Crippen molar-refractivity contribution in [2.75, 3.05) is 19.8 Å². The molecule has 5 rings (SSSR count). The van der Waals surface area contributed by atoms with Crippen LogP contribution in [0.3, 0.4) is 0 Å². The Labute approximate surface area is 192 Å². The van der Waals surface area contributed by atoms with Gasteiger partial charge in [-0.05, 0) is 73.5 Å². The number of ether oxygens (including phenoxy) is 2. The Balaban J connectivity index is 1.54. The first-order valence-electron chi connectivity index (χ1n) is 11.4. The molecule has 3 heterocycles. The van der Waals surface area contributed by atoms with Gasteiger partial charge in [0.1, 0.15) is 5.75 Å². The van der Waals surface area contributed by atoms with E-state index in [0.29, 0.717) is 30.9 Å². The fourth-order valence-corrected chi connectivity index (χ4v) is 4.35. The van der Waals surface area contributed by atoms with E-state index in [1.165, 1.54) is 0 Å². The standard InChI is InChI=1S/C25H27N5O3/c1-3-32-21-10-11-23-19(14-21)13-20(24-26-27-28-30(23)24)15-29(16-22-5-4-12-33-22)25(31)18-8-6-17(2)7-9-18/h6-11,13-14,22H,3-5,12,15-16H2,1-2H3. The third-order valence-electron chi connectivity index (χ3n) is 6.02. The second-order valence-electron chi connectivity index (χ2n) is 8.42. The Hall–Kier alpha value is -3.52. The highest BCUT2D eigenvalue weighted by molar-refractivity contribution is 5.94. The number of rotatable bonds is 7. The Morgan fingerprint density at radius 1 is 1.21 bits per heavy atom. The van der Waals surface area contributed by atoms with Crippen LogP contribution in [-0.4, -0.2) is 56.7 Å². The van der Waals surface area contributed by atoms with E-state index >= 15 is 0 Å². The summed E-state index contributed by atoms with van der Waals surface area (Å²) in [5.41, 5.74) is 4.18. The minimum Gasteiger partial charge on any atom is -0.494 e. The fourth-order valence-electron chi connectivity index (χ4n) is 4.35. The summed E-state index contributed by atoms with van der Waals surface area (Å²) in [4.78, 5) is 15.4. The largest absolute Gasteiger partial charge is 0.494 e. The molecule has 1 fully saturated rings. The van der Waals surface area contributed by atoms with E-state index in [-0.39, 0.29) is 12.0 Å². The number of pyridine rings is 1. The molecule has 8 heteroatoms. The van der Waals surface area contributed by atoms with Crippen LogP contribution in [-0.2, 0) is 11.3 Å². The second-order valence-corrected chi connectivity index (χ2v) is 8.42. The van der Waals surface area contributed by atoms with E-state index in [4.69, 9.17) is 9.47 Å². The molecule has 1 aliphatic rings. The van der Waals surface area contributed by atoms with E-state index in [2.05, 4.69) is 21.6 Å². The van der Waals surface area contributed by atoms with Crippen LogP contribution in [0.4, 0.5) is 0 Å². The van der Waals surface area contributed by atoms with Gasteiger partial charge >= 0.3 is 0 Å². The summed E-state index contributed by atoms with van der Waals surface area (Å²) in [5.74, 6) is 0.759. The number of hydrogen-bond donors (Lipinski definition) is 0. The van der Waals surface area contributed by atoms with Crippen molar-refractivity contribution in [1.82, 2.24) is 24.9 Å². The lowest BCUT2D eigenvalue weighted by molar-refractivity contribution is 0.0508. The summed E-state index contributed by atoms with van der Waals surface area (Å²) in [5, 5.41) is 13.3. The van der Waals surface area contributed by atoms with Crippen molar-refractivity contribution in [2.45, 2.75) is 39.3 Å². The predicted molar refractivity (Wildman–Crippen MR) is 124 cm³/mol. The molecule has 1 atom stereocenters. The van der Waals surface area contributed by atoms with E-state index < -0.39 is 0 Å². The number of fused-ring (bicyclic) bond motifs is 3. The number of hydrogen-bond acceptors (Lipinski definition) is 6. The van der Waals surface area contributed by atoms with Gasteiger partial charge in [0, 0.05) is 36.2 Å². The maximum absolute atomic E-state index is 13.5. The molecule has 1 unspecified atom stereocenters. The predicted octanol–water partition coefficient (Wildman–Crippen LogP) is 3.81. The molecule has 8 nitrogen and oxygen atoms in total. The van der Waals surface area contributed by atoms with Gasteiger partial charge in [-0.25, -0.2) is 0 Å². The Morgan fingerprint density at radius 2 is 2.06 bits per heavy atom. The highest BCUT2D eigenvalue weighted by atomic mass is 16.5. The average Bonchev–Trinajstić information content (AvgIpc) is 3.51. The van der Waals surface area contributed by atoms with Gasteiger partial charge in [-0.1, -0.05) is 17.7 Å². The molecule has 1 amide bonds. The lowest BCUT2D eigenvalue weighted by Crippen LogP contribution is -2.37. The number of benzene rings is 2. The van der Waals surface area contributed by atoms with Crippen LogP contribution < -0.4 is 4.74 Å². The topological polar surface area (TPSA) is 81.9 Å². The fraction of sp³-hybridized carbons (Fsp3) is 0.360. The molecule has 1 aliphatic heterocycles. The Bertz CT molecular complexity index is 1280. The van der Waals surface area contributed by atoms with Gasteiger partial charge in [0.2, 0.25) is 0 Å². The molecule has 170 valence electrons.